The lowest BCUT2D eigenvalue weighted by Gasteiger charge is -2.30. The zero-order chi connectivity index (χ0) is 22.3. The van der Waals surface area contributed by atoms with Crippen LogP contribution in [0.2, 0.25) is 0 Å². The summed E-state index contributed by atoms with van der Waals surface area (Å²) in [6.07, 6.45) is 3.14. The predicted molar refractivity (Wildman–Crippen MR) is 128 cm³/mol. The van der Waals surface area contributed by atoms with E-state index in [2.05, 4.69) is 46.0 Å². The van der Waals surface area contributed by atoms with Crippen LogP contribution >= 0.6 is 11.8 Å². The number of hydrogen-bond acceptors (Lipinski definition) is 5. The molecular weight excluding hydrogens is 420 g/mol. The molecule has 1 atom stereocenters. The second kappa shape index (κ2) is 10.7. The van der Waals surface area contributed by atoms with E-state index in [1.54, 1.807) is 7.11 Å². The number of hydrogen-bond donors (Lipinski definition) is 0. The molecule has 1 aliphatic rings. The summed E-state index contributed by atoms with van der Waals surface area (Å²) in [5, 5.41) is 9.72. The lowest BCUT2D eigenvalue weighted by Crippen LogP contribution is -2.40. The number of amides is 1. The number of thioether (sulfide) groups is 1. The number of para-hydroxylation sites is 1. The number of aromatic nitrogens is 3. The maximum atomic E-state index is 12.8. The van der Waals surface area contributed by atoms with Crippen molar-refractivity contribution in [2.45, 2.75) is 37.9 Å². The summed E-state index contributed by atoms with van der Waals surface area (Å²) >= 11 is 1.47. The first-order valence-corrected chi connectivity index (χ1v) is 12.2. The van der Waals surface area contributed by atoms with Crippen molar-refractivity contribution in [1.29, 1.82) is 0 Å². The molecule has 0 N–H and O–H groups in total. The van der Waals surface area contributed by atoms with Gasteiger partial charge in [-0.15, -0.1) is 10.2 Å². The minimum Gasteiger partial charge on any atom is -0.496 e. The molecular formula is C25H30N4O2S. The molecule has 32 heavy (non-hydrogen) atoms. The molecule has 1 amide bonds. The number of rotatable bonds is 8. The molecule has 0 bridgehead atoms. The Kier molecular flexibility index (Phi) is 7.47. The van der Waals surface area contributed by atoms with Crippen molar-refractivity contribution in [3.05, 3.63) is 60.2 Å². The van der Waals surface area contributed by atoms with Gasteiger partial charge in [0.25, 0.3) is 0 Å². The van der Waals surface area contributed by atoms with E-state index in [0.29, 0.717) is 11.7 Å². The van der Waals surface area contributed by atoms with E-state index in [4.69, 9.17) is 4.74 Å². The van der Waals surface area contributed by atoms with Crippen molar-refractivity contribution in [3.63, 3.8) is 0 Å². The standard InChI is InChI=1S/C25H30N4O2S/c1-19-9-8-15-28(17-19)23(30)18-32-25-27-26-24(21-12-6-7-13-22(21)31-2)29(25)16-14-20-10-4-3-5-11-20/h3-7,10-13,19H,8-9,14-18H2,1-2H3/t19-/m0/s1. The molecule has 2 aromatic carbocycles. The molecule has 0 saturated carbocycles. The Morgan fingerprint density at radius 1 is 1.12 bits per heavy atom. The monoisotopic (exact) mass is 450 g/mol. The summed E-state index contributed by atoms with van der Waals surface area (Å²) in [5.74, 6) is 2.65. The van der Waals surface area contributed by atoms with Crippen LogP contribution in [0.5, 0.6) is 5.75 Å². The molecule has 3 aromatic rings. The van der Waals surface area contributed by atoms with E-state index in [9.17, 15) is 4.79 Å². The summed E-state index contributed by atoms with van der Waals surface area (Å²) in [4.78, 5) is 14.8. The quantitative estimate of drug-likeness (QED) is 0.471. The largest absolute Gasteiger partial charge is 0.496 e. The van der Waals surface area contributed by atoms with Crippen LogP contribution in [0.1, 0.15) is 25.3 Å². The maximum absolute atomic E-state index is 12.8. The number of methoxy groups -OCH3 is 1. The van der Waals surface area contributed by atoms with Crippen LogP contribution in [-0.2, 0) is 17.8 Å². The number of nitrogens with zero attached hydrogens (tertiary/aromatic N) is 4. The molecule has 0 radical (unpaired) electrons. The minimum absolute atomic E-state index is 0.179. The van der Waals surface area contributed by atoms with E-state index in [1.807, 2.05) is 35.2 Å². The van der Waals surface area contributed by atoms with E-state index in [1.165, 1.54) is 23.7 Å². The Morgan fingerprint density at radius 3 is 2.69 bits per heavy atom. The van der Waals surface area contributed by atoms with Gasteiger partial charge in [-0.25, -0.2) is 0 Å². The Bertz CT molecular complexity index is 1040. The van der Waals surface area contributed by atoms with Gasteiger partial charge in [0, 0.05) is 19.6 Å². The van der Waals surface area contributed by atoms with Gasteiger partial charge in [-0.1, -0.05) is 61.2 Å². The fourth-order valence-corrected chi connectivity index (χ4v) is 5.01. The topological polar surface area (TPSA) is 60.3 Å². The molecule has 168 valence electrons. The van der Waals surface area contributed by atoms with E-state index in [-0.39, 0.29) is 5.91 Å². The molecule has 6 nitrogen and oxygen atoms in total. The fourth-order valence-electron chi connectivity index (χ4n) is 4.14. The van der Waals surface area contributed by atoms with Crippen molar-refractivity contribution < 1.29 is 9.53 Å². The smallest absolute Gasteiger partial charge is 0.233 e. The Labute approximate surface area is 194 Å². The highest BCUT2D eigenvalue weighted by atomic mass is 32.2. The van der Waals surface area contributed by atoms with Gasteiger partial charge in [-0.2, -0.15) is 0 Å². The molecule has 2 heterocycles. The van der Waals surface area contributed by atoms with Gasteiger partial charge in [0.2, 0.25) is 5.91 Å². The average molecular weight is 451 g/mol. The number of aryl methyl sites for hydroxylation is 1. The van der Waals surface area contributed by atoms with Crippen molar-refractivity contribution in [3.8, 4) is 17.1 Å². The molecule has 1 aromatic heterocycles. The van der Waals surface area contributed by atoms with Crippen LogP contribution in [0.25, 0.3) is 11.4 Å². The Balaban J connectivity index is 1.55. The predicted octanol–water partition coefficient (Wildman–Crippen LogP) is 4.55. The Morgan fingerprint density at radius 2 is 1.91 bits per heavy atom. The molecule has 1 fully saturated rings. The van der Waals surface area contributed by atoms with Gasteiger partial charge in [0.1, 0.15) is 5.75 Å². The molecule has 1 saturated heterocycles. The highest BCUT2D eigenvalue weighted by molar-refractivity contribution is 7.99. The van der Waals surface area contributed by atoms with E-state index >= 15 is 0 Å². The van der Waals surface area contributed by atoms with Gasteiger partial charge in [0.15, 0.2) is 11.0 Å². The van der Waals surface area contributed by atoms with Gasteiger partial charge in [0.05, 0.1) is 18.4 Å². The summed E-state index contributed by atoms with van der Waals surface area (Å²) in [6.45, 7) is 4.65. The third-order valence-corrected chi connectivity index (χ3v) is 6.82. The summed E-state index contributed by atoms with van der Waals surface area (Å²) in [6, 6.07) is 18.2. The van der Waals surface area contributed by atoms with Crippen LogP contribution in [0.15, 0.2) is 59.8 Å². The third-order valence-electron chi connectivity index (χ3n) is 5.87. The second-order valence-electron chi connectivity index (χ2n) is 8.27. The normalized spacial score (nSPS) is 16.2. The average Bonchev–Trinajstić information content (AvgIpc) is 3.24. The first kappa shape index (κ1) is 22.4. The SMILES string of the molecule is COc1ccccc1-c1nnc(SCC(=O)N2CCC[C@H](C)C2)n1CCc1ccccc1. The summed E-state index contributed by atoms with van der Waals surface area (Å²) < 4.78 is 7.68. The fraction of sp³-hybridized carbons (Fsp3) is 0.400. The lowest BCUT2D eigenvalue weighted by atomic mass is 10.0. The maximum Gasteiger partial charge on any atom is 0.233 e. The highest BCUT2D eigenvalue weighted by Gasteiger charge is 2.23. The second-order valence-corrected chi connectivity index (χ2v) is 9.21. The van der Waals surface area contributed by atoms with Crippen LogP contribution < -0.4 is 4.74 Å². The van der Waals surface area contributed by atoms with Gasteiger partial charge < -0.3 is 14.2 Å². The molecule has 0 unspecified atom stereocenters. The molecule has 7 heteroatoms. The van der Waals surface area contributed by atoms with Gasteiger partial charge in [-0.3, -0.25) is 4.79 Å². The first-order chi connectivity index (χ1) is 15.7. The number of piperidine rings is 1. The van der Waals surface area contributed by atoms with Crippen LogP contribution in [0.3, 0.4) is 0 Å². The van der Waals surface area contributed by atoms with Crippen molar-refractivity contribution in [2.75, 3.05) is 26.0 Å². The van der Waals surface area contributed by atoms with E-state index < -0.39 is 0 Å². The molecule has 0 spiro atoms. The lowest BCUT2D eigenvalue weighted by molar-refractivity contribution is -0.130. The number of likely N-dealkylation sites (tertiary alicyclic amines) is 1. The van der Waals surface area contributed by atoms with Gasteiger partial charge >= 0.3 is 0 Å². The Hall–Kier alpha value is -2.80. The molecule has 4 rings (SSSR count). The number of carbonyl (C=O) groups excluding carboxylic acids is 1. The van der Waals surface area contributed by atoms with Crippen LogP contribution in [0.4, 0.5) is 0 Å². The minimum atomic E-state index is 0.179. The molecule has 1 aliphatic heterocycles. The number of benzene rings is 2. The van der Waals surface area contributed by atoms with Crippen LogP contribution in [-0.4, -0.2) is 51.5 Å². The third kappa shape index (κ3) is 5.33. The van der Waals surface area contributed by atoms with Crippen LogP contribution in [0, 0.1) is 5.92 Å². The van der Waals surface area contributed by atoms with E-state index in [0.717, 1.165) is 54.8 Å². The summed E-state index contributed by atoms with van der Waals surface area (Å²) in [7, 11) is 1.66. The zero-order valence-electron chi connectivity index (χ0n) is 18.7. The number of carbonyl (C=O) groups is 1. The highest BCUT2D eigenvalue weighted by Crippen LogP contribution is 2.31. The van der Waals surface area contributed by atoms with Crippen molar-refractivity contribution >= 4 is 17.7 Å². The van der Waals surface area contributed by atoms with Gasteiger partial charge in [-0.05, 0) is 42.9 Å². The first-order valence-electron chi connectivity index (χ1n) is 11.2. The molecule has 0 aliphatic carbocycles. The number of ether oxygens (including phenoxy) is 1. The summed E-state index contributed by atoms with van der Waals surface area (Å²) in [5.41, 5.74) is 2.15. The van der Waals surface area contributed by atoms with Crippen molar-refractivity contribution in [2.24, 2.45) is 5.92 Å². The van der Waals surface area contributed by atoms with Crippen molar-refractivity contribution in [1.82, 2.24) is 19.7 Å². The zero-order valence-corrected chi connectivity index (χ0v) is 19.6.